The van der Waals surface area contributed by atoms with Crippen LogP contribution in [0, 0.1) is 11.8 Å². The Morgan fingerprint density at radius 3 is 2.72 bits per heavy atom. The van der Waals surface area contributed by atoms with Gasteiger partial charge in [-0.1, -0.05) is 50.1 Å². The van der Waals surface area contributed by atoms with Crippen LogP contribution in [-0.4, -0.2) is 33.9 Å². The Labute approximate surface area is 216 Å². The predicted octanol–water partition coefficient (Wildman–Crippen LogP) is 6.15. The van der Waals surface area contributed by atoms with Gasteiger partial charge in [-0.3, -0.25) is 9.78 Å². The van der Waals surface area contributed by atoms with Gasteiger partial charge >= 0.3 is 0 Å². The van der Waals surface area contributed by atoms with Crippen molar-refractivity contribution < 1.29 is 4.79 Å². The summed E-state index contributed by atoms with van der Waals surface area (Å²) in [5.74, 6) is 2.15. The van der Waals surface area contributed by atoms with Gasteiger partial charge in [0.05, 0.1) is 39.7 Å². The predicted molar refractivity (Wildman–Crippen MR) is 145 cm³/mol. The van der Waals surface area contributed by atoms with Crippen LogP contribution in [0.5, 0.6) is 0 Å². The highest BCUT2D eigenvalue weighted by Crippen LogP contribution is 2.29. The zero-order chi connectivity index (χ0) is 25.1. The maximum absolute atomic E-state index is 12.5. The minimum Gasteiger partial charge on any atom is -0.356 e. The van der Waals surface area contributed by atoms with Crippen LogP contribution >= 0.6 is 11.6 Å². The minimum absolute atomic E-state index is 0.234. The van der Waals surface area contributed by atoms with Gasteiger partial charge in [-0.2, -0.15) is 0 Å². The average molecular weight is 500 g/mol. The first-order valence-electron chi connectivity index (χ1n) is 12.5. The number of carbonyl (C=O) groups is 1. The molecule has 1 aliphatic rings. The monoisotopic (exact) mass is 499 g/mol. The summed E-state index contributed by atoms with van der Waals surface area (Å²) in [5.41, 5.74) is 3.65. The van der Waals surface area contributed by atoms with Gasteiger partial charge < -0.3 is 10.2 Å². The zero-order valence-electron chi connectivity index (χ0n) is 20.6. The van der Waals surface area contributed by atoms with Gasteiger partial charge in [0.25, 0.3) is 5.91 Å². The molecule has 2 atom stereocenters. The molecule has 1 amide bonds. The van der Waals surface area contributed by atoms with Gasteiger partial charge in [0.15, 0.2) is 0 Å². The van der Waals surface area contributed by atoms with E-state index in [2.05, 4.69) is 41.2 Å². The van der Waals surface area contributed by atoms with E-state index in [9.17, 15) is 4.79 Å². The number of carbonyl (C=O) groups excluding carboxylic acids is 1. The summed E-state index contributed by atoms with van der Waals surface area (Å²) in [7, 11) is 0. The maximum Gasteiger partial charge on any atom is 0.253 e. The third-order valence-corrected chi connectivity index (χ3v) is 7.15. The second kappa shape index (κ2) is 10.6. The lowest BCUT2D eigenvalue weighted by atomic mass is 9.89. The maximum atomic E-state index is 12.5. The number of piperidine rings is 1. The highest BCUT2D eigenvalue weighted by Gasteiger charge is 2.24. The summed E-state index contributed by atoms with van der Waals surface area (Å²) in [5, 5.41) is 4.25. The van der Waals surface area contributed by atoms with Crippen LogP contribution in [0.15, 0.2) is 66.9 Å². The molecule has 0 bridgehead atoms. The second-order valence-corrected chi connectivity index (χ2v) is 10.0. The Morgan fingerprint density at radius 2 is 1.89 bits per heavy atom. The Morgan fingerprint density at radius 1 is 1.06 bits per heavy atom. The first-order chi connectivity index (χ1) is 17.5. The van der Waals surface area contributed by atoms with Crippen molar-refractivity contribution >= 4 is 34.2 Å². The number of rotatable bonds is 6. The summed E-state index contributed by atoms with van der Waals surface area (Å²) >= 11 is 6.14. The van der Waals surface area contributed by atoms with Crippen LogP contribution in [0.25, 0.3) is 22.3 Å². The second-order valence-electron chi connectivity index (χ2n) is 9.63. The normalized spacial score (nSPS) is 17.8. The lowest BCUT2D eigenvalue weighted by Crippen LogP contribution is -2.40. The van der Waals surface area contributed by atoms with E-state index < -0.39 is 0 Å². The van der Waals surface area contributed by atoms with Crippen LogP contribution in [0.2, 0.25) is 5.02 Å². The first kappa shape index (κ1) is 24.2. The van der Waals surface area contributed by atoms with E-state index in [1.165, 1.54) is 12.8 Å². The molecule has 1 unspecified atom stereocenters. The molecule has 36 heavy (non-hydrogen) atoms. The zero-order valence-corrected chi connectivity index (χ0v) is 21.4. The molecule has 4 aromatic rings. The summed E-state index contributed by atoms with van der Waals surface area (Å²) in [6.45, 7) is 6.97. The number of hydrogen-bond donors (Lipinski definition) is 1. The first-order valence-corrected chi connectivity index (χ1v) is 12.9. The van der Waals surface area contributed by atoms with Crippen LogP contribution in [0.4, 0.5) is 5.82 Å². The van der Waals surface area contributed by atoms with Crippen molar-refractivity contribution in [3.05, 3.63) is 83.1 Å². The molecule has 3 aromatic heterocycles. The lowest BCUT2D eigenvalue weighted by molar-refractivity contribution is 0.0950. The molecule has 0 radical (unpaired) electrons. The fourth-order valence-electron chi connectivity index (χ4n) is 4.91. The number of anilines is 1. The average Bonchev–Trinajstić information content (AvgIpc) is 2.91. The van der Waals surface area contributed by atoms with Crippen LogP contribution in [0.1, 0.15) is 42.7 Å². The molecule has 1 aromatic carbocycles. The molecule has 4 heterocycles. The number of hydrogen-bond acceptors (Lipinski definition) is 5. The standard InChI is InChI=1S/C29H30ClN5O/c1-3-20-13-19(2)17-35(18-20)28-10-6-9-25(34-28)26-12-11-21-15-31-22(14-27(21)33-26)16-32-29(36)23-7-4-5-8-24(23)30/h4-12,14-15,19-20H,3,13,16-18H2,1-2H3,(H,32,36)/t19?,20-/m0/s1. The molecule has 1 fully saturated rings. The van der Waals surface area contributed by atoms with Crippen molar-refractivity contribution in [2.24, 2.45) is 11.8 Å². The fraction of sp³-hybridized carbons (Fsp3) is 0.310. The number of nitrogens with zero attached hydrogens (tertiary/aromatic N) is 4. The van der Waals surface area contributed by atoms with Gasteiger partial charge in [-0.25, -0.2) is 9.97 Å². The molecule has 0 saturated carbocycles. The number of aromatic nitrogens is 3. The Bertz CT molecular complexity index is 1390. The van der Waals surface area contributed by atoms with Crippen molar-refractivity contribution in [2.75, 3.05) is 18.0 Å². The number of pyridine rings is 3. The Hall–Kier alpha value is -3.51. The number of benzene rings is 1. The fourth-order valence-corrected chi connectivity index (χ4v) is 5.14. The largest absolute Gasteiger partial charge is 0.356 e. The van der Waals surface area contributed by atoms with Gasteiger partial charge in [0.2, 0.25) is 0 Å². The van der Waals surface area contributed by atoms with E-state index in [0.717, 1.165) is 46.9 Å². The van der Waals surface area contributed by atoms with E-state index in [1.54, 1.807) is 30.5 Å². The van der Waals surface area contributed by atoms with Gasteiger partial charge in [0, 0.05) is 24.7 Å². The molecule has 6 nitrogen and oxygen atoms in total. The molecule has 1 aliphatic heterocycles. The number of amides is 1. The van der Waals surface area contributed by atoms with E-state index in [0.29, 0.717) is 22.4 Å². The number of nitrogens with one attached hydrogen (secondary N) is 1. The SMILES string of the molecule is CC[C@H]1CC(C)CN(c2cccc(-c3ccc4cnc(CNC(=O)c5ccccc5Cl)cc4n3)n2)C1. The summed E-state index contributed by atoms with van der Waals surface area (Å²) in [6, 6.07) is 19.1. The highest BCUT2D eigenvalue weighted by molar-refractivity contribution is 6.33. The molecule has 1 saturated heterocycles. The molecule has 5 rings (SSSR count). The van der Waals surface area contributed by atoms with Gasteiger partial charge in [0.1, 0.15) is 5.82 Å². The van der Waals surface area contributed by atoms with Crippen LogP contribution in [0.3, 0.4) is 0 Å². The number of fused-ring (bicyclic) bond motifs is 1. The van der Waals surface area contributed by atoms with Gasteiger partial charge in [-0.15, -0.1) is 0 Å². The molecule has 184 valence electrons. The molecular weight excluding hydrogens is 470 g/mol. The number of halogens is 1. The smallest absolute Gasteiger partial charge is 0.253 e. The molecule has 7 heteroatoms. The quantitative estimate of drug-likeness (QED) is 0.344. The molecule has 0 spiro atoms. The topological polar surface area (TPSA) is 71.0 Å². The Kier molecular flexibility index (Phi) is 7.14. The van der Waals surface area contributed by atoms with Crippen molar-refractivity contribution in [3.8, 4) is 11.4 Å². The van der Waals surface area contributed by atoms with Crippen molar-refractivity contribution in [3.63, 3.8) is 0 Å². The van der Waals surface area contributed by atoms with Crippen LogP contribution < -0.4 is 10.2 Å². The van der Waals surface area contributed by atoms with E-state index in [4.69, 9.17) is 21.6 Å². The van der Waals surface area contributed by atoms with Crippen molar-refractivity contribution in [1.82, 2.24) is 20.3 Å². The van der Waals surface area contributed by atoms with E-state index >= 15 is 0 Å². The molecule has 0 aliphatic carbocycles. The van der Waals surface area contributed by atoms with Gasteiger partial charge in [-0.05, 0) is 60.7 Å². The summed E-state index contributed by atoms with van der Waals surface area (Å²) in [4.78, 5) is 29.3. The molecular formula is C29H30ClN5O. The third-order valence-electron chi connectivity index (χ3n) is 6.82. The minimum atomic E-state index is -0.234. The van der Waals surface area contributed by atoms with E-state index in [-0.39, 0.29) is 12.5 Å². The lowest BCUT2D eigenvalue weighted by Gasteiger charge is -2.37. The molecule has 1 N–H and O–H groups in total. The van der Waals surface area contributed by atoms with Crippen molar-refractivity contribution in [1.29, 1.82) is 0 Å². The van der Waals surface area contributed by atoms with Crippen LogP contribution in [-0.2, 0) is 6.54 Å². The van der Waals surface area contributed by atoms with E-state index in [1.807, 2.05) is 24.3 Å². The highest BCUT2D eigenvalue weighted by atomic mass is 35.5. The van der Waals surface area contributed by atoms with Crippen molar-refractivity contribution in [2.45, 2.75) is 33.2 Å². The summed E-state index contributed by atoms with van der Waals surface area (Å²) in [6.07, 6.45) is 4.27. The summed E-state index contributed by atoms with van der Waals surface area (Å²) < 4.78 is 0. The third kappa shape index (κ3) is 5.34. The Balaban J connectivity index is 1.35.